The van der Waals surface area contributed by atoms with Crippen molar-refractivity contribution in [3.63, 3.8) is 0 Å². The fourth-order valence-electron chi connectivity index (χ4n) is 5.52. The fraction of sp³-hybridized carbons (Fsp3) is 0.314. The predicted molar refractivity (Wildman–Crippen MR) is 178 cm³/mol. The van der Waals surface area contributed by atoms with Gasteiger partial charge in [0.1, 0.15) is 30.3 Å². The van der Waals surface area contributed by atoms with E-state index >= 15 is 0 Å². The number of halogens is 1. The number of carbonyl (C=O) groups is 1. The lowest BCUT2D eigenvalue weighted by atomic mass is 10.1. The van der Waals surface area contributed by atoms with Gasteiger partial charge >= 0.3 is 0 Å². The van der Waals surface area contributed by atoms with Gasteiger partial charge < -0.3 is 24.8 Å². The lowest BCUT2D eigenvalue weighted by Crippen LogP contribution is -2.29. The zero-order chi connectivity index (χ0) is 31.7. The van der Waals surface area contributed by atoms with Crippen molar-refractivity contribution < 1.29 is 19.0 Å². The molecule has 11 heteroatoms. The molecule has 0 bridgehead atoms. The van der Waals surface area contributed by atoms with Crippen LogP contribution in [0, 0.1) is 11.3 Å². The van der Waals surface area contributed by atoms with Gasteiger partial charge in [-0.2, -0.15) is 5.26 Å². The maximum Gasteiger partial charge on any atom is 0.248 e. The van der Waals surface area contributed by atoms with E-state index in [1.165, 1.54) is 25.5 Å². The van der Waals surface area contributed by atoms with Crippen molar-refractivity contribution in [3.8, 4) is 17.6 Å². The van der Waals surface area contributed by atoms with Crippen molar-refractivity contribution in [2.45, 2.75) is 38.4 Å². The Balaban J connectivity index is 1.26. The molecule has 2 N–H and O–H groups in total. The molecule has 0 radical (unpaired) electrons. The summed E-state index contributed by atoms with van der Waals surface area (Å²) in [7, 11) is 0. The zero-order valence-electron chi connectivity index (χ0n) is 25.4. The van der Waals surface area contributed by atoms with E-state index in [0.717, 1.165) is 31.7 Å². The first-order valence-electron chi connectivity index (χ1n) is 15.5. The van der Waals surface area contributed by atoms with Crippen molar-refractivity contribution in [1.29, 1.82) is 5.26 Å². The van der Waals surface area contributed by atoms with Crippen LogP contribution in [0.2, 0.25) is 5.02 Å². The Morgan fingerprint density at radius 1 is 1.13 bits per heavy atom. The summed E-state index contributed by atoms with van der Waals surface area (Å²) in [4.78, 5) is 24.2. The number of likely N-dealkylation sites (tertiary alicyclic amines) is 1. The molecule has 4 heterocycles. The highest BCUT2D eigenvalue weighted by Gasteiger charge is 2.21. The summed E-state index contributed by atoms with van der Waals surface area (Å²) >= 11 is 6.58. The van der Waals surface area contributed by atoms with E-state index in [-0.39, 0.29) is 18.6 Å². The number of nitrogens with zero attached hydrogens (tertiary/aromatic N) is 4. The van der Waals surface area contributed by atoms with Gasteiger partial charge in [-0.3, -0.25) is 19.7 Å². The number of anilines is 3. The number of aromatic nitrogens is 2. The van der Waals surface area contributed by atoms with Crippen molar-refractivity contribution in [2.24, 2.45) is 0 Å². The topological polar surface area (TPSA) is 122 Å². The molecule has 236 valence electrons. The average Bonchev–Trinajstić information content (AvgIpc) is 3.59. The quantitative estimate of drug-likeness (QED) is 0.174. The highest BCUT2D eigenvalue weighted by atomic mass is 35.5. The third kappa shape index (κ3) is 7.93. The third-order valence-corrected chi connectivity index (χ3v) is 8.21. The summed E-state index contributed by atoms with van der Waals surface area (Å²) in [6, 6.07) is 16.7. The minimum absolute atomic E-state index is 0.140. The largest absolute Gasteiger partial charge is 0.486 e. The molecule has 1 amide bonds. The minimum atomic E-state index is -0.268. The maximum absolute atomic E-state index is 13.1. The SMILES string of the molecule is N#Cc1cnc2cc(OC3CCOC3)c(NC(=O)/C=C/CN3CCCCC3)cc2c1Nc1ccc(OCc2ccccn2)c(Cl)c1. The Kier molecular flexibility index (Phi) is 10.2. The van der Waals surface area contributed by atoms with Crippen molar-refractivity contribution in [3.05, 3.63) is 89.4 Å². The van der Waals surface area contributed by atoms with Crippen LogP contribution >= 0.6 is 11.6 Å². The van der Waals surface area contributed by atoms with Crippen LogP contribution in [-0.4, -0.2) is 59.7 Å². The summed E-state index contributed by atoms with van der Waals surface area (Å²) in [5, 5.41) is 17.4. The Morgan fingerprint density at radius 2 is 2.02 bits per heavy atom. The summed E-state index contributed by atoms with van der Waals surface area (Å²) in [6.07, 6.45) is 10.9. The van der Waals surface area contributed by atoms with E-state index in [2.05, 4.69) is 31.6 Å². The number of fused-ring (bicyclic) bond motifs is 1. The molecule has 2 aliphatic heterocycles. The molecule has 4 aromatic rings. The molecule has 2 fully saturated rings. The monoisotopic (exact) mass is 638 g/mol. The fourth-order valence-corrected chi connectivity index (χ4v) is 5.76. The van der Waals surface area contributed by atoms with Crippen LogP contribution in [-0.2, 0) is 16.1 Å². The smallest absolute Gasteiger partial charge is 0.248 e. The Bertz CT molecular complexity index is 1750. The molecule has 2 aromatic carbocycles. The number of amides is 1. The number of hydrogen-bond donors (Lipinski definition) is 2. The lowest BCUT2D eigenvalue weighted by molar-refractivity contribution is -0.111. The highest BCUT2D eigenvalue weighted by Crippen LogP contribution is 2.38. The number of hydrogen-bond acceptors (Lipinski definition) is 9. The van der Waals surface area contributed by atoms with Crippen LogP contribution in [0.15, 0.2) is 73.1 Å². The Labute approximate surface area is 272 Å². The number of nitrogens with one attached hydrogen (secondary N) is 2. The van der Waals surface area contributed by atoms with Gasteiger partial charge in [0.25, 0.3) is 0 Å². The van der Waals surface area contributed by atoms with Crippen LogP contribution in [0.1, 0.15) is 36.9 Å². The third-order valence-electron chi connectivity index (χ3n) is 7.91. The molecule has 2 aliphatic rings. The molecule has 2 saturated heterocycles. The molecule has 1 atom stereocenters. The number of ether oxygens (including phenoxy) is 3. The first kappa shape index (κ1) is 31.3. The summed E-state index contributed by atoms with van der Waals surface area (Å²) in [5.74, 6) is 0.728. The molecule has 0 saturated carbocycles. The van der Waals surface area contributed by atoms with Gasteiger partial charge in [-0.15, -0.1) is 0 Å². The second kappa shape index (κ2) is 15.1. The van der Waals surface area contributed by atoms with Crippen LogP contribution in [0.3, 0.4) is 0 Å². The van der Waals surface area contributed by atoms with Gasteiger partial charge in [-0.05, 0) is 62.3 Å². The molecule has 0 spiro atoms. The molecule has 1 unspecified atom stereocenters. The summed E-state index contributed by atoms with van der Waals surface area (Å²) in [5.41, 5.74) is 3.35. The molecular weight excluding hydrogens is 604 g/mol. The second-order valence-corrected chi connectivity index (χ2v) is 11.7. The normalized spacial score (nSPS) is 16.7. The zero-order valence-corrected chi connectivity index (χ0v) is 26.1. The average molecular weight is 639 g/mol. The molecule has 46 heavy (non-hydrogen) atoms. The molecule has 10 nitrogen and oxygen atoms in total. The van der Waals surface area contributed by atoms with Crippen LogP contribution < -0.4 is 20.1 Å². The summed E-state index contributed by atoms with van der Waals surface area (Å²) in [6.45, 7) is 4.19. The van der Waals surface area contributed by atoms with E-state index in [1.807, 2.05) is 30.3 Å². The number of rotatable bonds is 11. The second-order valence-electron chi connectivity index (χ2n) is 11.3. The first-order chi connectivity index (χ1) is 22.6. The Morgan fingerprint density at radius 3 is 2.78 bits per heavy atom. The standard InChI is InChI=1S/C35H35ClN6O4/c36-29-17-25(9-10-32(29)45-22-26-7-2-3-12-38-26)40-35-24(20-37)21-39-30-19-33(46-27-11-16-44-23-27)31(18-28(30)35)41-34(43)8-6-15-42-13-4-1-5-14-42/h2-3,6-10,12,17-19,21,27H,1,4-5,11,13-16,22-23H2,(H,39,40)(H,41,43)/b8-6+. The number of nitriles is 1. The molecule has 2 aromatic heterocycles. The van der Waals surface area contributed by atoms with E-state index in [1.54, 1.807) is 36.5 Å². The van der Waals surface area contributed by atoms with Crippen molar-refractivity contribution >= 4 is 45.5 Å². The van der Waals surface area contributed by atoms with Crippen LogP contribution in [0.5, 0.6) is 11.5 Å². The van der Waals surface area contributed by atoms with E-state index in [4.69, 9.17) is 25.8 Å². The lowest BCUT2D eigenvalue weighted by Gasteiger charge is -2.24. The summed E-state index contributed by atoms with van der Waals surface area (Å²) < 4.78 is 17.7. The van der Waals surface area contributed by atoms with Gasteiger partial charge in [0.05, 0.1) is 46.4 Å². The first-order valence-corrected chi connectivity index (χ1v) is 15.8. The van der Waals surface area contributed by atoms with Gasteiger partial charge in [-0.25, -0.2) is 0 Å². The number of pyridine rings is 2. The van der Waals surface area contributed by atoms with Crippen LogP contribution in [0.25, 0.3) is 10.9 Å². The van der Waals surface area contributed by atoms with Crippen molar-refractivity contribution in [1.82, 2.24) is 14.9 Å². The molecule has 0 aliphatic carbocycles. The molecular formula is C35H35ClN6O4. The van der Waals surface area contributed by atoms with E-state index in [0.29, 0.717) is 63.3 Å². The predicted octanol–water partition coefficient (Wildman–Crippen LogP) is 6.63. The van der Waals surface area contributed by atoms with E-state index < -0.39 is 0 Å². The van der Waals surface area contributed by atoms with Gasteiger partial charge in [-0.1, -0.05) is 30.2 Å². The Hall–Kier alpha value is -4.69. The highest BCUT2D eigenvalue weighted by molar-refractivity contribution is 6.32. The van der Waals surface area contributed by atoms with Crippen LogP contribution in [0.4, 0.5) is 17.1 Å². The minimum Gasteiger partial charge on any atom is -0.486 e. The van der Waals surface area contributed by atoms with Gasteiger partial charge in [0, 0.05) is 48.6 Å². The number of piperidine rings is 1. The number of benzene rings is 2. The van der Waals surface area contributed by atoms with Gasteiger partial charge in [0.2, 0.25) is 5.91 Å². The maximum atomic E-state index is 13.1. The van der Waals surface area contributed by atoms with E-state index in [9.17, 15) is 10.1 Å². The van der Waals surface area contributed by atoms with Gasteiger partial charge in [0.15, 0.2) is 0 Å². The van der Waals surface area contributed by atoms with Crippen molar-refractivity contribution in [2.75, 3.05) is 43.5 Å². The number of carbonyl (C=O) groups excluding carboxylic acids is 1. The molecule has 6 rings (SSSR count).